The van der Waals surface area contributed by atoms with Gasteiger partial charge in [-0.15, -0.1) is 0 Å². The molecule has 0 saturated carbocycles. The molecule has 1 aliphatic rings. The molecular weight excluding hydrogens is 260 g/mol. The molecule has 1 saturated heterocycles. The summed E-state index contributed by atoms with van der Waals surface area (Å²) < 4.78 is 0. The third-order valence-corrected chi connectivity index (χ3v) is 3.72. The van der Waals surface area contributed by atoms with Gasteiger partial charge in [0.2, 0.25) is 0 Å². The Morgan fingerprint density at radius 2 is 2.15 bits per heavy atom. The predicted molar refractivity (Wildman–Crippen MR) is 73.7 cm³/mol. The largest absolute Gasteiger partial charge is 0.508 e. The van der Waals surface area contributed by atoms with Gasteiger partial charge >= 0.3 is 0 Å². The Morgan fingerprint density at radius 3 is 2.85 bits per heavy atom. The number of likely N-dealkylation sites (tertiary alicyclic amines) is 1. The highest BCUT2D eigenvalue weighted by atomic mass is 16.6. The molecule has 1 N–H and O–H groups in total. The zero-order valence-electron chi connectivity index (χ0n) is 11.4. The Kier molecular flexibility index (Phi) is 4.22. The normalized spacial score (nSPS) is 19.4. The van der Waals surface area contributed by atoms with Gasteiger partial charge in [-0.25, -0.2) is 0 Å². The lowest BCUT2D eigenvalue weighted by Crippen LogP contribution is -2.38. The molecule has 2 rings (SSSR count). The average Bonchev–Trinajstić information content (AvgIpc) is 2.62. The zero-order chi connectivity index (χ0) is 14.7. The van der Waals surface area contributed by atoms with Crippen molar-refractivity contribution in [3.05, 3.63) is 33.9 Å². The molecule has 1 amide bonds. The minimum absolute atomic E-state index is 0.0382. The van der Waals surface area contributed by atoms with E-state index < -0.39 is 4.92 Å². The molecule has 0 spiro atoms. The Balaban J connectivity index is 2.36. The van der Waals surface area contributed by atoms with E-state index in [4.69, 9.17) is 0 Å². The van der Waals surface area contributed by atoms with Crippen molar-refractivity contribution in [2.45, 2.75) is 38.6 Å². The highest BCUT2D eigenvalue weighted by Gasteiger charge is 2.28. The minimum atomic E-state index is -0.588. The van der Waals surface area contributed by atoms with E-state index in [9.17, 15) is 20.0 Å². The van der Waals surface area contributed by atoms with Crippen LogP contribution < -0.4 is 0 Å². The second-order valence-corrected chi connectivity index (χ2v) is 5.16. The van der Waals surface area contributed by atoms with Crippen LogP contribution in [-0.2, 0) is 0 Å². The van der Waals surface area contributed by atoms with E-state index >= 15 is 0 Å². The predicted octanol–water partition coefficient (Wildman–Crippen LogP) is 2.71. The smallest absolute Gasteiger partial charge is 0.282 e. The molecule has 0 aromatic heterocycles. The van der Waals surface area contributed by atoms with E-state index in [0.717, 1.165) is 25.7 Å². The van der Waals surface area contributed by atoms with Crippen LogP contribution >= 0.6 is 0 Å². The second-order valence-electron chi connectivity index (χ2n) is 5.16. The summed E-state index contributed by atoms with van der Waals surface area (Å²) in [5.74, 6) is -0.511. The van der Waals surface area contributed by atoms with Gasteiger partial charge in [0.1, 0.15) is 11.3 Å². The van der Waals surface area contributed by atoms with Crippen LogP contribution in [0.25, 0.3) is 0 Å². The molecule has 1 aliphatic heterocycles. The summed E-state index contributed by atoms with van der Waals surface area (Å²) in [5.41, 5.74) is -0.298. The topological polar surface area (TPSA) is 83.7 Å². The Hall–Kier alpha value is -2.11. The molecule has 1 unspecified atom stereocenters. The van der Waals surface area contributed by atoms with E-state index in [0.29, 0.717) is 6.54 Å². The number of aromatic hydroxyl groups is 1. The summed E-state index contributed by atoms with van der Waals surface area (Å²) in [6, 6.07) is 3.64. The Bertz CT molecular complexity index is 530. The summed E-state index contributed by atoms with van der Waals surface area (Å²) in [4.78, 5) is 24.7. The number of nitro groups is 1. The number of benzene rings is 1. The van der Waals surface area contributed by atoms with E-state index in [2.05, 4.69) is 0 Å². The van der Waals surface area contributed by atoms with Crippen molar-refractivity contribution < 1.29 is 14.8 Å². The lowest BCUT2D eigenvalue weighted by molar-refractivity contribution is -0.385. The molecule has 1 atom stereocenters. The second kappa shape index (κ2) is 5.90. The molecule has 20 heavy (non-hydrogen) atoms. The van der Waals surface area contributed by atoms with Crippen LogP contribution in [0.2, 0.25) is 0 Å². The molecule has 6 nitrogen and oxygen atoms in total. The SMILES string of the molecule is CC1CCCCCN1C(=O)c1cc(O)ccc1[N+](=O)[O-]. The molecule has 108 valence electrons. The quantitative estimate of drug-likeness (QED) is 0.666. The van der Waals surface area contributed by atoms with Gasteiger partial charge < -0.3 is 10.0 Å². The van der Waals surface area contributed by atoms with Crippen molar-refractivity contribution in [2.24, 2.45) is 0 Å². The first kappa shape index (κ1) is 14.3. The third kappa shape index (κ3) is 2.89. The highest BCUT2D eigenvalue weighted by molar-refractivity contribution is 5.98. The van der Waals surface area contributed by atoms with Gasteiger partial charge in [0.15, 0.2) is 0 Å². The van der Waals surface area contributed by atoms with E-state index in [1.165, 1.54) is 18.2 Å². The van der Waals surface area contributed by atoms with Crippen molar-refractivity contribution in [3.8, 4) is 5.75 Å². The average molecular weight is 278 g/mol. The van der Waals surface area contributed by atoms with E-state index in [1.54, 1.807) is 4.90 Å². The monoisotopic (exact) mass is 278 g/mol. The third-order valence-electron chi connectivity index (χ3n) is 3.72. The maximum Gasteiger partial charge on any atom is 0.282 e. The fourth-order valence-corrected chi connectivity index (χ4v) is 2.59. The van der Waals surface area contributed by atoms with Crippen LogP contribution in [0.15, 0.2) is 18.2 Å². The summed E-state index contributed by atoms with van der Waals surface area (Å²) >= 11 is 0. The number of amides is 1. The van der Waals surface area contributed by atoms with E-state index in [-0.39, 0.29) is 28.9 Å². The molecule has 1 heterocycles. The number of nitro benzene ring substituents is 1. The van der Waals surface area contributed by atoms with Gasteiger partial charge in [-0.2, -0.15) is 0 Å². The van der Waals surface area contributed by atoms with Crippen LogP contribution in [0, 0.1) is 10.1 Å². The van der Waals surface area contributed by atoms with Gasteiger partial charge in [0.05, 0.1) is 4.92 Å². The van der Waals surface area contributed by atoms with Crippen molar-refractivity contribution in [1.82, 2.24) is 4.90 Å². The lowest BCUT2D eigenvalue weighted by Gasteiger charge is -2.27. The molecule has 1 aromatic carbocycles. The number of carbonyl (C=O) groups excluding carboxylic acids is 1. The standard InChI is InChI=1S/C14H18N2O4/c1-10-5-3-2-4-8-15(10)14(18)12-9-11(17)6-7-13(12)16(19)20/h6-7,9-10,17H,2-5,8H2,1H3. The maximum atomic E-state index is 12.6. The number of hydrogen-bond donors (Lipinski definition) is 1. The number of phenols is 1. The van der Waals surface area contributed by atoms with Crippen LogP contribution in [-0.4, -0.2) is 33.4 Å². The molecular formula is C14H18N2O4. The number of rotatable bonds is 2. The first-order chi connectivity index (χ1) is 9.50. The fourth-order valence-electron chi connectivity index (χ4n) is 2.59. The summed E-state index contributed by atoms with van der Waals surface area (Å²) in [6.07, 6.45) is 3.93. The Morgan fingerprint density at radius 1 is 1.40 bits per heavy atom. The molecule has 0 radical (unpaired) electrons. The number of hydrogen-bond acceptors (Lipinski definition) is 4. The number of carbonyl (C=O) groups is 1. The van der Waals surface area contributed by atoms with E-state index in [1.807, 2.05) is 6.92 Å². The lowest BCUT2D eigenvalue weighted by atomic mass is 10.1. The molecule has 6 heteroatoms. The van der Waals surface area contributed by atoms with Crippen LogP contribution in [0.4, 0.5) is 5.69 Å². The van der Waals surface area contributed by atoms with Crippen LogP contribution in [0.3, 0.4) is 0 Å². The van der Waals surface area contributed by atoms with Crippen molar-refractivity contribution in [2.75, 3.05) is 6.54 Å². The first-order valence-corrected chi connectivity index (χ1v) is 6.79. The van der Waals surface area contributed by atoms with Crippen LogP contribution in [0.5, 0.6) is 5.75 Å². The van der Waals surface area contributed by atoms with Crippen molar-refractivity contribution >= 4 is 11.6 Å². The number of nitrogens with zero attached hydrogens (tertiary/aromatic N) is 2. The minimum Gasteiger partial charge on any atom is -0.508 e. The molecule has 0 bridgehead atoms. The summed E-state index contributed by atoms with van der Waals surface area (Å²) in [6.45, 7) is 2.56. The van der Waals surface area contributed by atoms with Gasteiger partial charge in [-0.05, 0) is 31.9 Å². The van der Waals surface area contributed by atoms with Gasteiger partial charge in [-0.1, -0.05) is 12.8 Å². The first-order valence-electron chi connectivity index (χ1n) is 6.79. The summed E-state index contributed by atoms with van der Waals surface area (Å²) in [5, 5.41) is 20.5. The molecule has 1 aromatic rings. The summed E-state index contributed by atoms with van der Waals surface area (Å²) in [7, 11) is 0. The van der Waals surface area contributed by atoms with Crippen molar-refractivity contribution in [3.63, 3.8) is 0 Å². The molecule has 0 aliphatic carbocycles. The van der Waals surface area contributed by atoms with Crippen molar-refractivity contribution in [1.29, 1.82) is 0 Å². The van der Waals surface area contributed by atoms with Gasteiger partial charge in [-0.3, -0.25) is 14.9 Å². The zero-order valence-corrected chi connectivity index (χ0v) is 11.4. The Labute approximate surface area is 117 Å². The molecule has 1 fully saturated rings. The van der Waals surface area contributed by atoms with Gasteiger partial charge in [0, 0.05) is 18.7 Å². The highest BCUT2D eigenvalue weighted by Crippen LogP contribution is 2.27. The van der Waals surface area contributed by atoms with Crippen LogP contribution in [0.1, 0.15) is 43.0 Å². The number of phenolic OH excluding ortho intramolecular Hbond substituents is 1. The maximum absolute atomic E-state index is 12.6. The fraction of sp³-hybridized carbons (Fsp3) is 0.500. The van der Waals surface area contributed by atoms with Gasteiger partial charge in [0.25, 0.3) is 11.6 Å².